The summed E-state index contributed by atoms with van der Waals surface area (Å²) in [5.74, 6) is -0.0279. The molecule has 0 unspecified atom stereocenters. The Hall–Kier alpha value is -1.80. The SMILES string of the molecule is CCCc1cccc(C(=O)c2ccc(N)c(Cl)c2)c1. The van der Waals surface area contributed by atoms with Crippen LogP contribution < -0.4 is 5.73 Å². The Morgan fingerprint density at radius 1 is 1.16 bits per heavy atom. The molecule has 0 saturated carbocycles. The first-order valence-corrected chi connectivity index (χ1v) is 6.68. The number of ketones is 1. The van der Waals surface area contributed by atoms with E-state index >= 15 is 0 Å². The molecule has 19 heavy (non-hydrogen) atoms. The van der Waals surface area contributed by atoms with Crippen molar-refractivity contribution >= 4 is 23.1 Å². The minimum Gasteiger partial charge on any atom is -0.398 e. The molecule has 98 valence electrons. The molecule has 0 aliphatic rings. The highest BCUT2D eigenvalue weighted by molar-refractivity contribution is 6.33. The molecule has 0 radical (unpaired) electrons. The lowest BCUT2D eigenvalue weighted by molar-refractivity contribution is 0.103. The Bertz CT molecular complexity index is 607. The summed E-state index contributed by atoms with van der Waals surface area (Å²) in [6, 6.07) is 12.7. The molecule has 0 aliphatic carbocycles. The summed E-state index contributed by atoms with van der Waals surface area (Å²) in [6.07, 6.45) is 2.04. The highest BCUT2D eigenvalue weighted by Crippen LogP contribution is 2.22. The molecule has 2 aromatic rings. The number of halogens is 1. The van der Waals surface area contributed by atoms with Crippen molar-refractivity contribution < 1.29 is 4.79 Å². The number of rotatable bonds is 4. The molecule has 0 spiro atoms. The van der Waals surface area contributed by atoms with Gasteiger partial charge in [0.1, 0.15) is 0 Å². The van der Waals surface area contributed by atoms with Crippen molar-refractivity contribution in [1.29, 1.82) is 0 Å². The summed E-state index contributed by atoms with van der Waals surface area (Å²) >= 11 is 5.95. The predicted octanol–water partition coefficient (Wildman–Crippen LogP) is 4.11. The molecular weight excluding hydrogens is 258 g/mol. The molecule has 0 bridgehead atoms. The van der Waals surface area contributed by atoms with Gasteiger partial charge >= 0.3 is 0 Å². The minimum atomic E-state index is -0.0279. The van der Waals surface area contributed by atoms with E-state index in [9.17, 15) is 4.79 Å². The van der Waals surface area contributed by atoms with E-state index in [1.807, 2.05) is 24.3 Å². The lowest BCUT2D eigenvalue weighted by Gasteiger charge is -2.05. The van der Waals surface area contributed by atoms with E-state index in [0.717, 1.165) is 12.8 Å². The Balaban J connectivity index is 2.32. The van der Waals surface area contributed by atoms with Crippen LogP contribution in [-0.4, -0.2) is 5.78 Å². The lowest BCUT2D eigenvalue weighted by atomic mass is 10.00. The maximum atomic E-state index is 12.4. The topological polar surface area (TPSA) is 43.1 Å². The van der Waals surface area contributed by atoms with Gasteiger partial charge in [0, 0.05) is 11.1 Å². The average molecular weight is 274 g/mol. The van der Waals surface area contributed by atoms with Gasteiger partial charge in [0.25, 0.3) is 0 Å². The monoisotopic (exact) mass is 273 g/mol. The van der Waals surface area contributed by atoms with Crippen molar-refractivity contribution in [3.63, 3.8) is 0 Å². The molecular formula is C16H16ClNO. The number of nitrogens with two attached hydrogens (primary N) is 1. The summed E-state index contributed by atoms with van der Waals surface area (Å²) in [5, 5.41) is 0.413. The van der Waals surface area contributed by atoms with Crippen molar-refractivity contribution in [2.24, 2.45) is 0 Å². The van der Waals surface area contributed by atoms with Gasteiger partial charge < -0.3 is 5.73 Å². The average Bonchev–Trinajstić information content (AvgIpc) is 2.42. The van der Waals surface area contributed by atoms with Crippen LogP contribution in [0.3, 0.4) is 0 Å². The van der Waals surface area contributed by atoms with Crippen LogP contribution in [0.1, 0.15) is 34.8 Å². The van der Waals surface area contributed by atoms with E-state index in [0.29, 0.717) is 21.8 Å². The lowest BCUT2D eigenvalue weighted by Crippen LogP contribution is -2.02. The Morgan fingerprint density at radius 3 is 2.58 bits per heavy atom. The van der Waals surface area contributed by atoms with Gasteiger partial charge in [0.05, 0.1) is 10.7 Å². The summed E-state index contributed by atoms with van der Waals surface area (Å²) in [4.78, 5) is 12.4. The zero-order chi connectivity index (χ0) is 13.8. The highest BCUT2D eigenvalue weighted by Gasteiger charge is 2.10. The maximum absolute atomic E-state index is 12.4. The van der Waals surface area contributed by atoms with Crippen molar-refractivity contribution in [3.05, 3.63) is 64.2 Å². The standard InChI is InChI=1S/C16H16ClNO/c1-2-4-11-5-3-6-12(9-11)16(19)13-7-8-15(18)14(17)10-13/h3,5-10H,2,4,18H2,1H3. The molecule has 2 nitrogen and oxygen atoms in total. The van der Waals surface area contributed by atoms with Crippen LogP contribution in [-0.2, 0) is 6.42 Å². The Kier molecular flexibility index (Phi) is 4.23. The largest absolute Gasteiger partial charge is 0.398 e. The van der Waals surface area contributed by atoms with Gasteiger partial charge in [-0.1, -0.05) is 43.1 Å². The zero-order valence-electron chi connectivity index (χ0n) is 10.8. The summed E-state index contributed by atoms with van der Waals surface area (Å²) in [6.45, 7) is 2.12. The number of aryl methyl sites for hydroxylation is 1. The second-order valence-electron chi connectivity index (χ2n) is 4.52. The quantitative estimate of drug-likeness (QED) is 0.673. The summed E-state index contributed by atoms with van der Waals surface area (Å²) in [7, 11) is 0. The number of anilines is 1. The molecule has 0 atom stereocenters. The summed E-state index contributed by atoms with van der Waals surface area (Å²) in [5.41, 5.74) is 8.56. The van der Waals surface area contributed by atoms with Crippen LogP contribution in [0.25, 0.3) is 0 Å². The third kappa shape index (κ3) is 3.15. The third-order valence-corrected chi connectivity index (χ3v) is 3.32. The predicted molar refractivity (Wildman–Crippen MR) is 79.7 cm³/mol. The van der Waals surface area contributed by atoms with Crippen molar-refractivity contribution in [1.82, 2.24) is 0 Å². The van der Waals surface area contributed by atoms with Crippen molar-refractivity contribution in [2.75, 3.05) is 5.73 Å². The first-order chi connectivity index (χ1) is 9.11. The van der Waals surface area contributed by atoms with Crippen LogP contribution in [0.2, 0.25) is 5.02 Å². The van der Waals surface area contributed by atoms with E-state index in [1.165, 1.54) is 5.56 Å². The minimum absolute atomic E-state index is 0.0279. The maximum Gasteiger partial charge on any atom is 0.193 e. The van der Waals surface area contributed by atoms with Crippen LogP contribution >= 0.6 is 11.6 Å². The Labute approximate surface area is 118 Å². The van der Waals surface area contributed by atoms with Crippen molar-refractivity contribution in [3.8, 4) is 0 Å². The van der Waals surface area contributed by atoms with Gasteiger partial charge in [0.2, 0.25) is 0 Å². The molecule has 0 amide bonds. The molecule has 0 aliphatic heterocycles. The Morgan fingerprint density at radius 2 is 1.89 bits per heavy atom. The fourth-order valence-electron chi connectivity index (χ4n) is 1.99. The van der Waals surface area contributed by atoms with Crippen LogP contribution in [0.4, 0.5) is 5.69 Å². The smallest absolute Gasteiger partial charge is 0.193 e. The zero-order valence-corrected chi connectivity index (χ0v) is 11.6. The normalized spacial score (nSPS) is 10.4. The first-order valence-electron chi connectivity index (χ1n) is 6.30. The van der Waals surface area contributed by atoms with Gasteiger partial charge in [-0.05, 0) is 36.2 Å². The molecule has 2 aromatic carbocycles. The van der Waals surface area contributed by atoms with Crippen LogP contribution in [0.15, 0.2) is 42.5 Å². The van der Waals surface area contributed by atoms with Gasteiger partial charge in [0.15, 0.2) is 5.78 Å². The van der Waals surface area contributed by atoms with E-state index in [2.05, 4.69) is 6.92 Å². The molecule has 2 N–H and O–H groups in total. The van der Waals surface area contributed by atoms with Crippen LogP contribution in [0.5, 0.6) is 0 Å². The third-order valence-electron chi connectivity index (χ3n) is 2.99. The van der Waals surface area contributed by atoms with E-state index in [-0.39, 0.29) is 5.78 Å². The molecule has 0 heterocycles. The summed E-state index contributed by atoms with van der Waals surface area (Å²) < 4.78 is 0. The molecule has 0 fully saturated rings. The number of carbonyl (C=O) groups is 1. The second kappa shape index (κ2) is 5.89. The van der Waals surface area contributed by atoms with Gasteiger partial charge in [-0.15, -0.1) is 0 Å². The fraction of sp³-hybridized carbons (Fsp3) is 0.188. The first kappa shape index (κ1) is 13.6. The number of carbonyl (C=O) groups excluding carboxylic acids is 1. The van der Waals surface area contributed by atoms with Crippen molar-refractivity contribution in [2.45, 2.75) is 19.8 Å². The van der Waals surface area contributed by atoms with E-state index in [1.54, 1.807) is 18.2 Å². The fourth-order valence-corrected chi connectivity index (χ4v) is 2.17. The van der Waals surface area contributed by atoms with Gasteiger partial charge in [-0.2, -0.15) is 0 Å². The molecule has 3 heteroatoms. The van der Waals surface area contributed by atoms with Gasteiger partial charge in [-0.3, -0.25) is 4.79 Å². The van der Waals surface area contributed by atoms with Crippen LogP contribution in [0, 0.1) is 0 Å². The second-order valence-corrected chi connectivity index (χ2v) is 4.92. The number of hydrogen-bond donors (Lipinski definition) is 1. The highest BCUT2D eigenvalue weighted by atomic mass is 35.5. The number of nitrogen functional groups attached to an aromatic ring is 1. The van der Waals surface area contributed by atoms with E-state index < -0.39 is 0 Å². The van der Waals surface area contributed by atoms with E-state index in [4.69, 9.17) is 17.3 Å². The molecule has 0 saturated heterocycles. The molecule has 2 rings (SSSR count). The molecule has 0 aromatic heterocycles. The number of hydrogen-bond acceptors (Lipinski definition) is 2. The number of benzene rings is 2. The van der Waals surface area contributed by atoms with Gasteiger partial charge in [-0.25, -0.2) is 0 Å².